The van der Waals surface area contributed by atoms with Crippen LogP contribution < -0.4 is 0 Å². The Hall–Kier alpha value is -5.49. The standard InChI is InChI=1S/C33H22N4O2/c38-33(39)32-28-17-15-26(36-28)30(20-7-3-1-4-8-20)24-13-11-22(34-24)19-23-12-14-25(35-23)31(21-9-5-2-6-10-21)27-16-18-29(32)37-27/h1-19,34,37H,(H,38,39). The van der Waals surface area contributed by atoms with Gasteiger partial charge in [-0.15, -0.1) is 0 Å². The minimum absolute atomic E-state index is 0.107. The number of H-pyrrole nitrogens is 2. The van der Waals surface area contributed by atoms with Gasteiger partial charge in [-0.2, -0.15) is 0 Å². The van der Waals surface area contributed by atoms with E-state index in [9.17, 15) is 9.90 Å². The lowest BCUT2D eigenvalue weighted by molar-refractivity contribution is 0.0698. The van der Waals surface area contributed by atoms with Crippen LogP contribution >= 0.6 is 0 Å². The quantitative estimate of drug-likeness (QED) is 0.229. The van der Waals surface area contributed by atoms with Crippen LogP contribution in [0.4, 0.5) is 0 Å². The summed E-state index contributed by atoms with van der Waals surface area (Å²) < 4.78 is 0. The maximum Gasteiger partial charge on any atom is 0.340 e. The van der Waals surface area contributed by atoms with Crippen molar-refractivity contribution < 1.29 is 9.90 Å². The molecular weight excluding hydrogens is 484 g/mol. The van der Waals surface area contributed by atoms with Gasteiger partial charge in [0.25, 0.3) is 0 Å². The number of carboxylic acids is 1. The molecule has 5 aromatic rings. The van der Waals surface area contributed by atoms with Crippen molar-refractivity contribution in [3.63, 3.8) is 0 Å². The van der Waals surface area contributed by atoms with Crippen LogP contribution in [0.5, 0.6) is 0 Å². The second-order valence-corrected chi connectivity index (χ2v) is 9.39. The second-order valence-electron chi connectivity index (χ2n) is 9.39. The van der Waals surface area contributed by atoms with Crippen molar-refractivity contribution in [2.24, 2.45) is 0 Å². The largest absolute Gasteiger partial charge is 0.478 e. The number of aromatic carboxylic acids is 1. The topological polar surface area (TPSA) is 94.7 Å². The van der Waals surface area contributed by atoms with E-state index < -0.39 is 5.97 Å². The predicted octanol–water partition coefficient (Wildman–Crippen LogP) is 7.69. The molecule has 0 atom stereocenters. The molecule has 7 rings (SSSR count). The Bertz CT molecular complexity index is 1940. The van der Waals surface area contributed by atoms with Crippen LogP contribution in [-0.4, -0.2) is 31.0 Å². The Labute approximate surface area is 223 Å². The summed E-state index contributed by atoms with van der Waals surface area (Å²) in [7, 11) is 0. The zero-order valence-corrected chi connectivity index (χ0v) is 20.7. The predicted molar refractivity (Wildman–Crippen MR) is 157 cm³/mol. The molecule has 0 amide bonds. The first kappa shape index (κ1) is 22.7. The van der Waals surface area contributed by atoms with Crippen molar-refractivity contribution in [2.75, 3.05) is 0 Å². The summed E-state index contributed by atoms with van der Waals surface area (Å²) in [5.41, 5.74) is 9.57. The maximum atomic E-state index is 12.6. The molecule has 5 heterocycles. The lowest BCUT2D eigenvalue weighted by Crippen LogP contribution is -2.00. The third-order valence-electron chi connectivity index (χ3n) is 6.91. The number of hydrogen-bond donors (Lipinski definition) is 3. The van der Waals surface area contributed by atoms with Gasteiger partial charge in [0.1, 0.15) is 5.56 Å². The fraction of sp³-hybridized carbons (Fsp3) is 0. The molecule has 0 fully saturated rings. The Morgan fingerprint density at radius 3 is 1.85 bits per heavy atom. The molecule has 3 aromatic heterocycles. The highest BCUT2D eigenvalue weighted by atomic mass is 16.4. The Balaban J connectivity index is 1.65. The molecule has 0 spiro atoms. The number of carboxylic acid groups (broad SMARTS) is 1. The molecule has 6 nitrogen and oxygen atoms in total. The number of nitrogens with one attached hydrogen (secondary N) is 2. The number of aromatic amines is 2. The van der Waals surface area contributed by atoms with Gasteiger partial charge in [0.2, 0.25) is 0 Å². The molecule has 0 unspecified atom stereocenters. The Morgan fingerprint density at radius 2 is 1.15 bits per heavy atom. The van der Waals surface area contributed by atoms with E-state index in [1.807, 2.05) is 103 Å². The zero-order chi connectivity index (χ0) is 26.3. The van der Waals surface area contributed by atoms with Gasteiger partial charge in [0.15, 0.2) is 0 Å². The molecule has 0 saturated heterocycles. The van der Waals surface area contributed by atoms with Crippen LogP contribution in [0.2, 0.25) is 0 Å². The third-order valence-corrected chi connectivity index (χ3v) is 6.91. The SMILES string of the molecule is O=C(O)c1c2nc(c(-c3ccccc3)c3ccc(cc4nc(c(-c5ccccc5)c5ccc1[nH]5)C=C4)[nH]3)C=C2. The van der Waals surface area contributed by atoms with Gasteiger partial charge in [-0.1, -0.05) is 60.7 Å². The maximum absolute atomic E-state index is 12.6. The molecule has 8 bridgehead atoms. The highest BCUT2D eigenvalue weighted by Gasteiger charge is 2.18. The molecular formula is C33H22N4O2. The Kier molecular flexibility index (Phi) is 5.30. The van der Waals surface area contributed by atoms with Crippen molar-refractivity contribution in [3.8, 4) is 22.3 Å². The van der Waals surface area contributed by atoms with Gasteiger partial charge in [0, 0.05) is 27.7 Å². The summed E-state index contributed by atoms with van der Waals surface area (Å²) in [5, 5.41) is 10.3. The van der Waals surface area contributed by atoms with Crippen LogP contribution in [0.1, 0.15) is 33.1 Å². The fourth-order valence-corrected chi connectivity index (χ4v) is 5.18. The molecule has 0 aliphatic carbocycles. The van der Waals surface area contributed by atoms with E-state index in [-0.39, 0.29) is 5.56 Å². The normalized spacial score (nSPS) is 12.1. The molecule has 3 N–H and O–H groups in total. The van der Waals surface area contributed by atoms with Gasteiger partial charge >= 0.3 is 5.97 Å². The van der Waals surface area contributed by atoms with Crippen molar-refractivity contribution in [3.05, 3.63) is 119 Å². The number of aromatic nitrogens is 4. The Morgan fingerprint density at radius 1 is 0.590 bits per heavy atom. The van der Waals surface area contributed by atoms with E-state index in [0.29, 0.717) is 16.9 Å². The lowest BCUT2D eigenvalue weighted by atomic mass is 10.0. The first-order valence-electron chi connectivity index (χ1n) is 12.6. The molecule has 2 aliphatic heterocycles. The summed E-state index contributed by atoms with van der Waals surface area (Å²) >= 11 is 0. The average Bonchev–Trinajstić information content (AvgIpc) is 3.76. The first-order chi connectivity index (χ1) is 19.1. The van der Waals surface area contributed by atoms with E-state index in [0.717, 1.165) is 50.2 Å². The number of carbonyl (C=O) groups is 1. The summed E-state index contributed by atoms with van der Waals surface area (Å²) in [6, 6.07) is 29.7. The van der Waals surface area contributed by atoms with Crippen molar-refractivity contribution in [1.29, 1.82) is 0 Å². The summed E-state index contributed by atoms with van der Waals surface area (Å²) in [6.45, 7) is 0. The minimum Gasteiger partial charge on any atom is -0.478 e. The van der Waals surface area contributed by atoms with Crippen LogP contribution in [0.15, 0.2) is 91.0 Å². The van der Waals surface area contributed by atoms with Crippen LogP contribution in [0.3, 0.4) is 0 Å². The number of benzene rings is 2. The molecule has 186 valence electrons. The van der Waals surface area contributed by atoms with Crippen LogP contribution in [0.25, 0.3) is 68.6 Å². The smallest absolute Gasteiger partial charge is 0.340 e. The molecule has 0 radical (unpaired) electrons. The van der Waals surface area contributed by atoms with Crippen molar-refractivity contribution >= 4 is 52.3 Å². The van der Waals surface area contributed by atoms with Gasteiger partial charge in [0.05, 0.1) is 28.3 Å². The van der Waals surface area contributed by atoms with E-state index in [1.54, 1.807) is 12.1 Å². The first-order valence-corrected chi connectivity index (χ1v) is 12.6. The number of nitrogens with zero attached hydrogens (tertiary/aromatic N) is 2. The second kappa shape index (κ2) is 9.11. The highest BCUT2D eigenvalue weighted by molar-refractivity contribution is 6.02. The molecule has 6 heteroatoms. The minimum atomic E-state index is -1.05. The summed E-state index contributed by atoms with van der Waals surface area (Å²) in [4.78, 5) is 29.2. The summed E-state index contributed by atoms with van der Waals surface area (Å²) in [6.07, 6.45) is 7.62. The molecule has 0 saturated carbocycles. The van der Waals surface area contributed by atoms with E-state index in [2.05, 4.69) is 9.97 Å². The number of rotatable bonds is 3. The van der Waals surface area contributed by atoms with Crippen LogP contribution in [-0.2, 0) is 0 Å². The molecule has 39 heavy (non-hydrogen) atoms. The number of hydrogen-bond acceptors (Lipinski definition) is 3. The van der Waals surface area contributed by atoms with E-state index in [4.69, 9.17) is 9.97 Å². The van der Waals surface area contributed by atoms with Gasteiger partial charge in [-0.3, -0.25) is 0 Å². The van der Waals surface area contributed by atoms with E-state index >= 15 is 0 Å². The molecule has 2 aromatic carbocycles. The van der Waals surface area contributed by atoms with Gasteiger partial charge < -0.3 is 15.1 Å². The zero-order valence-electron chi connectivity index (χ0n) is 20.7. The number of fused-ring (bicyclic) bond motifs is 8. The monoisotopic (exact) mass is 506 g/mol. The fourth-order valence-electron chi connectivity index (χ4n) is 5.18. The molecule has 2 aliphatic rings. The van der Waals surface area contributed by atoms with Gasteiger partial charge in [-0.05, 0) is 65.8 Å². The third kappa shape index (κ3) is 4.04. The average molecular weight is 507 g/mol. The highest BCUT2D eigenvalue weighted by Crippen LogP contribution is 2.33. The lowest BCUT2D eigenvalue weighted by Gasteiger charge is -2.04. The van der Waals surface area contributed by atoms with Crippen molar-refractivity contribution in [1.82, 2.24) is 19.9 Å². The van der Waals surface area contributed by atoms with Gasteiger partial charge in [-0.25, -0.2) is 14.8 Å². The van der Waals surface area contributed by atoms with Crippen LogP contribution in [0, 0.1) is 0 Å². The van der Waals surface area contributed by atoms with E-state index in [1.165, 1.54) is 0 Å². The van der Waals surface area contributed by atoms with Crippen molar-refractivity contribution in [2.45, 2.75) is 0 Å². The summed E-state index contributed by atoms with van der Waals surface area (Å²) in [5.74, 6) is -1.05.